The second-order valence-corrected chi connectivity index (χ2v) is 7.45. The lowest BCUT2D eigenvalue weighted by Crippen LogP contribution is -2.41. The molecule has 1 aliphatic carbocycles. The fourth-order valence-electron chi connectivity index (χ4n) is 2.94. The Morgan fingerprint density at radius 1 is 1.20 bits per heavy atom. The van der Waals surface area contributed by atoms with Gasteiger partial charge in [0.25, 0.3) is 0 Å². The van der Waals surface area contributed by atoms with Crippen molar-refractivity contribution in [3.8, 4) is 0 Å². The second kappa shape index (κ2) is 5.88. The van der Waals surface area contributed by atoms with E-state index in [1.54, 1.807) is 0 Å². The van der Waals surface area contributed by atoms with Crippen LogP contribution in [0, 0.1) is 6.92 Å². The first-order valence-electron chi connectivity index (χ1n) is 7.20. The van der Waals surface area contributed by atoms with E-state index >= 15 is 0 Å². The maximum Gasteiger partial charge on any atom is 0.0440 e. The molecule has 1 unspecified atom stereocenters. The fraction of sp³-hybridized carbons (Fsp3) is 0.412. The first-order valence-corrected chi connectivity index (χ1v) is 8.39. The number of hydrogen-bond acceptors (Lipinski definition) is 2. The molecule has 0 aliphatic heterocycles. The molecule has 20 heavy (non-hydrogen) atoms. The van der Waals surface area contributed by atoms with E-state index in [4.69, 9.17) is 11.6 Å². The number of halogens is 1. The molecule has 1 atom stereocenters. The smallest absolute Gasteiger partial charge is 0.0440 e. The Balaban J connectivity index is 1.55. The number of nitrogens with one attached hydrogen (secondary N) is 1. The largest absolute Gasteiger partial charge is 0.307 e. The normalized spacial score (nSPS) is 23.4. The number of hydrogen-bond donors (Lipinski definition) is 1. The van der Waals surface area contributed by atoms with Crippen LogP contribution >= 0.6 is 22.9 Å². The lowest BCUT2D eigenvalue weighted by molar-refractivity contribution is 0.272. The average molecular weight is 306 g/mol. The van der Waals surface area contributed by atoms with Gasteiger partial charge in [-0.25, -0.2) is 0 Å². The molecule has 1 nitrogen and oxygen atoms in total. The highest BCUT2D eigenvalue weighted by atomic mass is 35.5. The van der Waals surface area contributed by atoms with Gasteiger partial charge in [-0.1, -0.05) is 29.8 Å². The summed E-state index contributed by atoms with van der Waals surface area (Å²) in [6.07, 6.45) is 2.39. The van der Waals surface area contributed by atoms with E-state index < -0.39 is 0 Å². The van der Waals surface area contributed by atoms with E-state index in [-0.39, 0.29) is 0 Å². The second-order valence-electron chi connectivity index (χ2n) is 5.72. The Bertz CT molecular complexity index is 586. The molecule has 1 aliphatic rings. The van der Waals surface area contributed by atoms with Gasteiger partial charge in [-0.15, -0.1) is 11.3 Å². The quantitative estimate of drug-likeness (QED) is 0.807. The first-order chi connectivity index (χ1) is 9.63. The molecule has 106 valence electrons. The number of thiophene rings is 1. The van der Waals surface area contributed by atoms with E-state index in [0.717, 1.165) is 5.02 Å². The van der Waals surface area contributed by atoms with Gasteiger partial charge in [0, 0.05) is 26.9 Å². The summed E-state index contributed by atoms with van der Waals surface area (Å²) in [5, 5.41) is 4.65. The van der Waals surface area contributed by atoms with Gasteiger partial charge in [0.05, 0.1) is 0 Å². The van der Waals surface area contributed by atoms with Crippen molar-refractivity contribution in [1.29, 1.82) is 0 Å². The standard InChI is InChI=1S/C17H20ClNS/c1-11-7-8-17(20-11)12(2)19-14-9-13(10-14)15-5-3-4-6-16(15)18/h3-8,12-14,19H,9-10H2,1-2H3. The summed E-state index contributed by atoms with van der Waals surface area (Å²) in [6, 6.07) is 13.7. The molecular weight excluding hydrogens is 286 g/mol. The van der Waals surface area contributed by atoms with Gasteiger partial charge < -0.3 is 5.32 Å². The zero-order valence-corrected chi connectivity index (χ0v) is 13.5. The monoisotopic (exact) mass is 305 g/mol. The molecule has 3 heteroatoms. The van der Waals surface area contributed by atoms with E-state index in [9.17, 15) is 0 Å². The third-order valence-corrected chi connectivity index (χ3v) is 5.68. The molecule has 0 amide bonds. The summed E-state index contributed by atoms with van der Waals surface area (Å²) < 4.78 is 0. The van der Waals surface area contributed by atoms with Crippen LogP contribution in [-0.2, 0) is 0 Å². The Morgan fingerprint density at radius 3 is 2.60 bits per heavy atom. The minimum atomic E-state index is 0.450. The zero-order chi connectivity index (χ0) is 14.1. The molecule has 1 fully saturated rings. The molecule has 1 heterocycles. The van der Waals surface area contributed by atoms with Gasteiger partial charge in [0.15, 0.2) is 0 Å². The van der Waals surface area contributed by atoms with Crippen molar-refractivity contribution >= 4 is 22.9 Å². The highest BCUT2D eigenvalue weighted by Gasteiger charge is 2.32. The number of rotatable bonds is 4. The van der Waals surface area contributed by atoms with Crippen LogP contribution in [0.25, 0.3) is 0 Å². The third kappa shape index (κ3) is 2.93. The minimum Gasteiger partial charge on any atom is -0.307 e. The van der Waals surface area contributed by atoms with Crippen LogP contribution in [0.1, 0.15) is 47.0 Å². The van der Waals surface area contributed by atoms with Crippen LogP contribution < -0.4 is 5.32 Å². The molecule has 0 saturated heterocycles. The Kier molecular flexibility index (Phi) is 4.16. The highest BCUT2D eigenvalue weighted by Crippen LogP contribution is 2.40. The van der Waals surface area contributed by atoms with Gasteiger partial charge in [-0.3, -0.25) is 0 Å². The minimum absolute atomic E-state index is 0.450. The van der Waals surface area contributed by atoms with Crippen molar-refractivity contribution in [3.05, 3.63) is 56.7 Å². The summed E-state index contributed by atoms with van der Waals surface area (Å²) in [7, 11) is 0. The Morgan fingerprint density at radius 2 is 1.95 bits per heavy atom. The van der Waals surface area contributed by atoms with Crippen LogP contribution in [-0.4, -0.2) is 6.04 Å². The molecule has 0 bridgehead atoms. The maximum absolute atomic E-state index is 6.27. The van der Waals surface area contributed by atoms with Gasteiger partial charge >= 0.3 is 0 Å². The van der Waals surface area contributed by atoms with Crippen molar-refractivity contribution < 1.29 is 0 Å². The molecule has 1 aromatic carbocycles. The number of benzene rings is 1. The zero-order valence-electron chi connectivity index (χ0n) is 11.9. The topological polar surface area (TPSA) is 12.0 Å². The van der Waals surface area contributed by atoms with E-state index in [2.05, 4.69) is 43.4 Å². The molecule has 2 aromatic rings. The summed E-state index contributed by atoms with van der Waals surface area (Å²) >= 11 is 8.15. The van der Waals surface area contributed by atoms with Gasteiger partial charge in [0.1, 0.15) is 0 Å². The van der Waals surface area contributed by atoms with Gasteiger partial charge in [-0.2, -0.15) is 0 Å². The SMILES string of the molecule is Cc1ccc(C(C)NC2CC(c3ccccc3Cl)C2)s1. The van der Waals surface area contributed by atoms with E-state index in [1.807, 2.05) is 23.5 Å². The van der Waals surface area contributed by atoms with E-state index in [0.29, 0.717) is 18.0 Å². The van der Waals surface area contributed by atoms with Crippen LogP contribution in [0.3, 0.4) is 0 Å². The van der Waals surface area contributed by atoms with Crippen molar-refractivity contribution in [3.63, 3.8) is 0 Å². The summed E-state index contributed by atoms with van der Waals surface area (Å²) in [5.74, 6) is 0.624. The Labute approximate surface area is 130 Å². The molecule has 1 aromatic heterocycles. The summed E-state index contributed by atoms with van der Waals surface area (Å²) in [5.41, 5.74) is 1.31. The van der Waals surface area contributed by atoms with Gasteiger partial charge in [-0.05, 0) is 56.4 Å². The molecule has 1 N–H and O–H groups in total. The van der Waals surface area contributed by atoms with Crippen LogP contribution in [0.15, 0.2) is 36.4 Å². The van der Waals surface area contributed by atoms with Crippen LogP contribution in [0.2, 0.25) is 5.02 Å². The van der Waals surface area contributed by atoms with E-state index in [1.165, 1.54) is 28.2 Å². The van der Waals surface area contributed by atoms with Crippen molar-refractivity contribution in [1.82, 2.24) is 5.32 Å². The molecule has 1 saturated carbocycles. The van der Waals surface area contributed by atoms with Crippen LogP contribution in [0.5, 0.6) is 0 Å². The van der Waals surface area contributed by atoms with Crippen LogP contribution in [0.4, 0.5) is 0 Å². The molecular formula is C17H20ClNS. The van der Waals surface area contributed by atoms with Crippen molar-refractivity contribution in [2.45, 2.75) is 44.7 Å². The van der Waals surface area contributed by atoms with Crippen molar-refractivity contribution in [2.75, 3.05) is 0 Å². The third-order valence-electron chi connectivity index (χ3n) is 4.16. The molecule has 0 radical (unpaired) electrons. The summed E-state index contributed by atoms with van der Waals surface area (Å²) in [4.78, 5) is 2.82. The summed E-state index contributed by atoms with van der Waals surface area (Å²) in [6.45, 7) is 4.42. The Hall–Kier alpha value is -0.830. The van der Waals surface area contributed by atoms with Crippen molar-refractivity contribution in [2.24, 2.45) is 0 Å². The predicted octanol–water partition coefficient (Wildman–Crippen LogP) is 5.31. The highest BCUT2D eigenvalue weighted by molar-refractivity contribution is 7.12. The van der Waals surface area contributed by atoms with Gasteiger partial charge in [0.2, 0.25) is 0 Å². The lowest BCUT2D eigenvalue weighted by atomic mass is 9.75. The lowest BCUT2D eigenvalue weighted by Gasteiger charge is -2.38. The first kappa shape index (κ1) is 14.1. The maximum atomic E-state index is 6.27. The fourth-order valence-corrected chi connectivity index (χ4v) is 4.11. The molecule has 0 spiro atoms. The average Bonchev–Trinajstić information content (AvgIpc) is 2.81. The predicted molar refractivity (Wildman–Crippen MR) is 87.8 cm³/mol. The molecule has 3 rings (SSSR count). The number of aryl methyl sites for hydroxylation is 1.